The van der Waals surface area contributed by atoms with E-state index in [2.05, 4.69) is 10.6 Å². The number of amides is 1. The quantitative estimate of drug-likeness (QED) is 0.567. The molecular weight excluding hydrogens is 274 g/mol. The summed E-state index contributed by atoms with van der Waals surface area (Å²) in [7, 11) is 0. The molecule has 0 saturated heterocycles. The summed E-state index contributed by atoms with van der Waals surface area (Å²) in [5.41, 5.74) is 0.512. The summed E-state index contributed by atoms with van der Waals surface area (Å²) in [6.07, 6.45) is 0.229. The van der Waals surface area contributed by atoms with Gasteiger partial charge in [0.2, 0.25) is 5.91 Å². The second-order valence-corrected chi connectivity index (χ2v) is 4.77. The monoisotopic (exact) mass is 295 g/mol. The summed E-state index contributed by atoms with van der Waals surface area (Å²) < 4.78 is 5.49. The molecule has 0 atom stereocenters. The first-order valence-electron chi connectivity index (χ1n) is 6.89. The number of nitro benzene ring substituents is 1. The number of ether oxygens (including phenoxy) is 1. The van der Waals surface area contributed by atoms with E-state index in [1.54, 1.807) is 6.07 Å². The zero-order valence-corrected chi connectivity index (χ0v) is 12.5. The van der Waals surface area contributed by atoms with Crippen molar-refractivity contribution in [2.45, 2.75) is 33.3 Å². The first-order valence-corrected chi connectivity index (χ1v) is 6.89. The van der Waals surface area contributed by atoms with Gasteiger partial charge in [0.1, 0.15) is 5.75 Å². The molecule has 0 aromatic heterocycles. The Balaban J connectivity index is 2.73. The highest BCUT2D eigenvalue weighted by atomic mass is 16.6. The molecule has 0 heterocycles. The number of benzene rings is 1. The van der Waals surface area contributed by atoms with Crippen molar-refractivity contribution in [3.63, 3.8) is 0 Å². The molecule has 1 aromatic carbocycles. The van der Waals surface area contributed by atoms with Crippen LogP contribution in [-0.2, 0) is 4.79 Å². The standard InChI is InChI=1S/C14H21N3O4/c1-4-15-14(18)5-6-16-11-7-12(17(19)20)9-13(8-11)21-10(2)3/h7-10,16H,4-6H2,1-3H3,(H,15,18). The molecule has 7 heteroatoms. The molecule has 0 spiro atoms. The Bertz CT molecular complexity index is 503. The molecule has 2 N–H and O–H groups in total. The predicted octanol–water partition coefficient (Wildman–Crippen LogP) is 2.32. The molecule has 0 saturated carbocycles. The minimum Gasteiger partial charge on any atom is -0.491 e. The Hall–Kier alpha value is -2.31. The average molecular weight is 295 g/mol. The van der Waals surface area contributed by atoms with E-state index in [4.69, 9.17) is 4.74 Å². The van der Waals surface area contributed by atoms with Crippen molar-refractivity contribution in [2.75, 3.05) is 18.4 Å². The van der Waals surface area contributed by atoms with Gasteiger partial charge in [-0.05, 0) is 20.8 Å². The highest BCUT2D eigenvalue weighted by molar-refractivity contribution is 5.76. The first-order chi connectivity index (χ1) is 9.92. The Kier molecular flexibility index (Phi) is 6.45. The molecule has 21 heavy (non-hydrogen) atoms. The molecule has 0 aliphatic rings. The van der Waals surface area contributed by atoms with E-state index >= 15 is 0 Å². The Morgan fingerprint density at radius 2 is 2.10 bits per heavy atom. The predicted molar refractivity (Wildman–Crippen MR) is 80.7 cm³/mol. The molecule has 0 fully saturated rings. The highest BCUT2D eigenvalue weighted by Gasteiger charge is 2.11. The van der Waals surface area contributed by atoms with Gasteiger partial charge in [-0.25, -0.2) is 0 Å². The fraction of sp³-hybridized carbons (Fsp3) is 0.500. The summed E-state index contributed by atoms with van der Waals surface area (Å²) >= 11 is 0. The normalized spacial score (nSPS) is 10.3. The molecular formula is C14H21N3O4. The number of non-ortho nitro benzene ring substituents is 1. The second-order valence-electron chi connectivity index (χ2n) is 4.77. The number of carbonyl (C=O) groups excluding carboxylic acids is 1. The fourth-order valence-corrected chi connectivity index (χ4v) is 1.74. The number of rotatable bonds is 8. The Labute approximate surface area is 123 Å². The molecule has 116 valence electrons. The van der Waals surface area contributed by atoms with Crippen LogP contribution in [0.2, 0.25) is 0 Å². The molecule has 0 unspecified atom stereocenters. The number of hydrogen-bond acceptors (Lipinski definition) is 5. The third-order valence-corrected chi connectivity index (χ3v) is 2.53. The van der Waals surface area contributed by atoms with Gasteiger partial charge < -0.3 is 15.4 Å². The van der Waals surface area contributed by atoms with Gasteiger partial charge in [-0.1, -0.05) is 0 Å². The van der Waals surface area contributed by atoms with Gasteiger partial charge in [-0.3, -0.25) is 14.9 Å². The van der Waals surface area contributed by atoms with Crippen molar-refractivity contribution >= 4 is 17.3 Å². The third-order valence-electron chi connectivity index (χ3n) is 2.53. The molecule has 0 aliphatic heterocycles. The lowest BCUT2D eigenvalue weighted by atomic mass is 10.2. The summed E-state index contributed by atoms with van der Waals surface area (Å²) in [5, 5.41) is 16.6. The van der Waals surface area contributed by atoms with Gasteiger partial charge in [0.05, 0.1) is 17.1 Å². The minimum atomic E-state index is -0.470. The van der Waals surface area contributed by atoms with E-state index in [0.29, 0.717) is 30.9 Å². The van der Waals surface area contributed by atoms with Crippen LogP contribution in [0, 0.1) is 10.1 Å². The number of anilines is 1. The van der Waals surface area contributed by atoms with Crippen molar-refractivity contribution in [1.82, 2.24) is 5.32 Å². The fourth-order valence-electron chi connectivity index (χ4n) is 1.74. The number of nitrogens with one attached hydrogen (secondary N) is 2. The highest BCUT2D eigenvalue weighted by Crippen LogP contribution is 2.26. The SMILES string of the molecule is CCNC(=O)CCNc1cc(OC(C)C)cc([N+](=O)[O-])c1. The van der Waals surface area contributed by atoms with E-state index in [-0.39, 0.29) is 17.7 Å². The molecule has 7 nitrogen and oxygen atoms in total. The topological polar surface area (TPSA) is 93.5 Å². The zero-order valence-electron chi connectivity index (χ0n) is 12.5. The van der Waals surface area contributed by atoms with Crippen molar-refractivity contribution in [3.8, 4) is 5.75 Å². The molecule has 1 amide bonds. The van der Waals surface area contributed by atoms with Crippen LogP contribution < -0.4 is 15.4 Å². The molecule has 1 aromatic rings. The Morgan fingerprint density at radius 1 is 1.38 bits per heavy atom. The molecule has 0 bridgehead atoms. The van der Waals surface area contributed by atoms with Crippen LogP contribution in [-0.4, -0.2) is 30.0 Å². The summed E-state index contributed by atoms with van der Waals surface area (Å²) in [5.74, 6) is 0.369. The van der Waals surface area contributed by atoms with Gasteiger partial charge in [-0.15, -0.1) is 0 Å². The van der Waals surface area contributed by atoms with E-state index in [1.807, 2.05) is 20.8 Å². The van der Waals surface area contributed by atoms with Crippen molar-refractivity contribution in [1.29, 1.82) is 0 Å². The minimum absolute atomic E-state index is 0.0475. The maximum atomic E-state index is 11.3. The smallest absolute Gasteiger partial charge is 0.275 e. The summed E-state index contributed by atoms with van der Waals surface area (Å²) in [6.45, 7) is 6.53. The lowest BCUT2D eigenvalue weighted by Crippen LogP contribution is -2.24. The van der Waals surface area contributed by atoms with Gasteiger partial charge in [0.15, 0.2) is 0 Å². The van der Waals surface area contributed by atoms with Crippen LogP contribution >= 0.6 is 0 Å². The number of nitro groups is 1. The molecule has 1 rings (SSSR count). The molecule has 0 radical (unpaired) electrons. The van der Waals surface area contributed by atoms with Gasteiger partial charge in [-0.2, -0.15) is 0 Å². The van der Waals surface area contributed by atoms with E-state index in [0.717, 1.165) is 0 Å². The van der Waals surface area contributed by atoms with Gasteiger partial charge in [0, 0.05) is 37.3 Å². The van der Waals surface area contributed by atoms with Crippen LogP contribution in [0.25, 0.3) is 0 Å². The first kappa shape index (κ1) is 16.7. The third kappa shape index (κ3) is 6.11. The molecule has 0 aliphatic carbocycles. The van der Waals surface area contributed by atoms with E-state index in [1.165, 1.54) is 12.1 Å². The van der Waals surface area contributed by atoms with Crippen LogP contribution in [0.1, 0.15) is 27.2 Å². The number of carbonyl (C=O) groups is 1. The van der Waals surface area contributed by atoms with E-state index < -0.39 is 4.92 Å². The van der Waals surface area contributed by atoms with Crippen molar-refractivity contribution < 1.29 is 14.5 Å². The summed E-state index contributed by atoms with van der Waals surface area (Å²) in [4.78, 5) is 21.8. The van der Waals surface area contributed by atoms with Crippen LogP contribution in [0.4, 0.5) is 11.4 Å². The van der Waals surface area contributed by atoms with Gasteiger partial charge >= 0.3 is 0 Å². The number of hydrogen-bond donors (Lipinski definition) is 2. The van der Waals surface area contributed by atoms with Crippen LogP contribution in [0.15, 0.2) is 18.2 Å². The van der Waals surface area contributed by atoms with Crippen molar-refractivity contribution in [3.05, 3.63) is 28.3 Å². The van der Waals surface area contributed by atoms with E-state index in [9.17, 15) is 14.9 Å². The van der Waals surface area contributed by atoms with Crippen LogP contribution in [0.5, 0.6) is 5.75 Å². The maximum absolute atomic E-state index is 11.3. The average Bonchev–Trinajstić information content (AvgIpc) is 2.37. The Morgan fingerprint density at radius 3 is 2.67 bits per heavy atom. The maximum Gasteiger partial charge on any atom is 0.275 e. The lowest BCUT2D eigenvalue weighted by molar-refractivity contribution is -0.384. The zero-order chi connectivity index (χ0) is 15.8. The van der Waals surface area contributed by atoms with Gasteiger partial charge in [0.25, 0.3) is 5.69 Å². The second kappa shape index (κ2) is 8.08. The lowest BCUT2D eigenvalue weighted by Gasteiger charge is -2.12. The van der Waals surface area contributed by atoms with Crippen molar-refractivity contribution in [2.24, 2.45) is 0 Å². The largest absolute Gasteiger partial charge is 0.491 e. The summed E-state index contributed by atoms with van der Waals surface area (Å²) in [6, 6.07) is 4.49. The van der Waals surface area contributed by atoms with Crippen LogP contribution in [0.3, 0.4) is 0 Å². The number of nitrogens with zero attached hydrogens (tertiary/aromatic N) is 1.